The Morgan fingerprint density at radius 1 is 0.979 bits per heavy atom. The highest BCUT2D eigenvalue weighted by molar-refractivity contribution is 8.02. The lowest BCUT2D eigenvalue weighted by molar-refractivity contribution is -0.130. The van der Waals surface area contributed by atoms with Gasteiger partial charge >= 0.3 is 6.09 Å². The number of thioether (sulfide) groups is 1. The predicted molar refractivity (Wildman–Crippen MR) is 184 cm³/mol. The molecule has 1 aliphatic heterocycles. The number of nitrogens with one attached hydrogen (secondary N) is 2. The smallest absolute Gasteiger partial charge is 0.408 e. The van der Waals surface area contributed by atoms with E-state index in [-0.39, 0.29) is 30.4 Å². The van der Waals surface area contributed by atoms with Gasteiger partial charge in [0.25, 0.3) is 0 Å². The molecule has 0 aromatic heterocycles. The number of carbonyl (C=O) groups is 2. The van der Waals surface area contributed by atoms with Crippen molar-refractivity contribution < 1.29 is 37.0 Å². The average Bonchev–Trinajstić information content (AvgIpc) is 3.55. The van der Waals surface area contributed by atoms with Crippen LogP contribution in [0.1, 0.15) is 52.6 Å². The zero-order chi connectivity index (χ0) is 35.1. The van der Waals surface area contributed by atoms with Gasteiger partial charge in [0.1, 0.15) is 16.8 Å². The number of aliphatic hydroxyl groups excluding tert-OH is 1. The number of hydrogen-bond acceptors (Lipinski definition) is 8. The first kappa shape index (κ1) is 37.3. The molecule has 3 aromatic rings. The molecule has 0 spiro atoms. The number of amides is 2. The minimum atomic E-state index is -4.01. The molecule has 3 aromatic carbocycles. The third-order valence-electron chi connectivity index (χ3n) is 7.63. The van der Waals surface area contributed by atoms with Gasteiger partial charge in [0, 0.05) is 12.3 Å². The average molecular weight is 702 g/mol. The molecule has 1 aliphatic rings. The van der Waals surface area contributed by atoms with Crippen LogP contribution in [0.15, 0.2) is 83.8 Å². The summed E-state index contributed by atoms with van der Waals surface area (Å²) in [5, 5.41) is 15.4. The van der Waals surface area contributed by atoms with Crippen molar-refractivity contribution in [1.82, 2.24) is 14.9 Å². The summed E-state index contributed by atoms with van der Waals surface area (Å²) in [7, 11) is -4.01. The molecule has 4 rings (SSSR count). The van der Waals surface area contributed by atoms with Gasteiger partial charge in [-0.25, -0.2) is 17.6 Å². The highest BCUT2D eigenvalue weighted by atomic mass is 32.2. The number of halogens is 1. The maximum Gasteiger partial charge on any atom is 0.408 e. The maximum absolute atomic E-state index is 13.8. The summed E-state index contributed by atoms with van der Waals surface area (Å²) < 4.78 is 53.4. The second-order valence-corrected chi connectivity index (χ2v) is 15.9. The Balaban J connectivity index is 1.45. The van der Waals surface area contributed by atoms with Crippen molar-refractivity contribution in [2.45, 2.75) is 75.3 Å². The molecular formula is C35H44FN3O7S2. The molecule has 0 aliphatic carbocycles. The van der Waals surface area contributed by atoms with Gasteiger partial charge in [-0.1, -0.05) is 68.4 Å². The zero-order valence-corrected chi connectivity index (χ0v) is 29.4. The molecule has 1 heterocycles. The molecule has 2 amide bonds. The minimum Gasteiger partial charge on any atom is -0.444 e. The lowest BCUT2D eigenvalue weighted by Gasteiger charge is -2.30. The number of benzene rings is 3. The van der Waals surface area contributed by atoms with E-state index in [9.17, 15) is 27.5 Å². The van der Waals surface area contributed by atoms with Crippen molar-refractivity contribution in [1.29, 1.82) is 0 Å². The summed E-state index contributed by atoms with van der Waals surface area (Å²) in [6.45, 7) is 8.93. The number of rotatable bonds is 13. The standard InChI is InChI=1S/C35H44FN3O7S2/c1-23(2)30(38-34(42)46-35(3,4)5)33(41)45-21-19-29(26-11-15-27(36)16-12-26)37-31(40)32-39(20-22-47-32)48(43,44)28-17-13-25(14-18-28)24-9-7-6-8-10-24/h6-18,23,29-30,32-33,41H,19-22H2,1-5H3,(H,37,40)(H,38,42)/t29?,30-,32-,33?/m0/s1. The van der Waals surface area contributed by atoms with Gasteiger partial charge < -0.3 is 25.2 Å². The Labute approximate surface area is 286 Å². The molecule has 0 bridgehead atoms. The van der Waals surface area contributed by atoms with Crippen LogP contribution in [0, 0.1) is 11.7 Å². The van der Waals surface area contributed by atoms with Crippen LogP contribution < -0.4 is 10.6 Å². The predicted octanol–water partition coefficient (Wildman–Crippen LogP) is 5.69. The number of nitrogens with zero attached hydrogens (tertiary/aromatic N) is 1. The molecule has 0 saturated carbocycles. The van der Waals surface area contributed by atoms with Crippen molar-refractivity contribution in [3.8, 4) is 11.1 Å². The Morgan fingerprint density at radius 3 is 2.21 bits per heavy atom. The Morgan fingerprint density at radius 2 is 1.60 bits per heavy atom. The number of sulfonamides is 1. The third kappa shape index (κ3) is 10.0. The van der Waals surface area contributed by atoms with Crippen LogP contribution in [-0.2, 0) is 24.3 Å². The van der Waals surface area contributed by atoms with Gasteiger partial charge in [-0.15, -0.1) is 11.8 Å². The van der Waals surface area contributed by atoms with E-state index in [4.69, 9.17) is 9.47 Å². The van der Waals surface area contributed by atoms with Crippen LogP contribution in [0.2, 0.25) is 0 Å². The molecular weight excluding hydrogens is 658 g/mol. The second-order valence-electron chi connectivity index (χ2n) is 12.8. The minimum absolute atomic E-state index is 0.0453. The molecule has 1 saturated heterocycles. The Hall–Kier alpha value is -3.49. The highest BCUT2D eigenvalue weighted by Crippen LogP contribution is 2.32. The monoisotopic (exact) mass is 701 g/mol. The fraction of sp³-hybridized carbons (Fsp3) is 0.429. The lowest BCUT2D eigenvalue weighted by Crippen LogP contribution is -2.49. The van der Waals surface area contributed by atoms with Crippen molar-refractivity contribution in [3.63, 3.8) is 0 Å². The van der Waals surface area contributed by atoms with Crippen LogP contribution in [0.25, 0.3) is 11.1 Å². The normalized spacial score (nSPS) is 17.5. The first-order valence-electron chi connectivity index (χ1n) is 15.8. The molecule has 260 valence electrons. The fourth-order valence-electron chi connectivity index (χ4n) is 5.17. The van der Waals surface area contributed by atoms with E-state index in [2.05, 4.69) is 10.6 Å². The van der Waals surface area contributed by atoms with Gasteiger partial charge in [0.05, 0.1) is 23.6 Å². The van der Waals surface area contributed by atoms with Gasteiger partial charge in [-0.3, -0.25) is 4.79 Å². The number of alkyl carbamates (subject to hydrolysis) is 1. The van der Waals surface area contributed by atoms with Crippen molar-refractivity contribution in [3.05, 3.63) is 90.2 Å². The summed E-state index contributed by atoms with van der Waals surface area (Å²) in [5.74, 6) is -0.757. The molecule has 13 heteroatoms. The molecule has 10 nitrogen and oxygen atoms in total. The molecule has 2 unspecified atom stereocenters. The second kappa shape index (κ2) is 16.3. The third-order valence-corrected chi connectivity index (χ3v) is 10.8. The van der Waals surface area contributed by atoms with E-state index in [1.54, 1.807) is 45.0 Å². The molecule has 48 heavy (non-hydrogen) atoms. The van der Waals surface area contributed by atoms with Crippen LogP contribution in [-0.4, -0.2) is 72.0 Å². The van der Waals surface area contributed by atoms with E-state index >= 15 is 0 Å². The Kier molecular flexibility index (Phi) is 12.7. The van der Waals surface area contributed by atoms with E-state index < -0.39 is 57.2 Å². The summed E-state index contributed by atoms with van der Waals surface area (Å²) in [6.07, 6.45) is -1.92. The van der Waals surface area contributed by atoms with Crippen LogP contribution in [0.3, 0.4) is 0 Å². The van der Waals surface area contributed by atoms with E-state index in [0.717, 1.165) is 11.1 Å². The van der Waals surface area contributed by atoms with Gasteiger partial charge in [-0.2, -0.15) is 4.31 Å². The lowest BCUT2D eigenvalue weighted by atomic mass is 10.0. The van der Waals surface area contributed by atoms with Gasteiger partial charge in [-0.05, 0) is 74.1 Å². The van der Waals surface area contributed by atoms with Crippen molar-refractivity contribution in [2.75, 3.05) is 18.9 Å². The zero-order valence-electron chi connectivity index (χ0n) is 27.8. The first-order chi connectivity index (χ1) is 22.7. The highest BCUT2D eigenvalue weighted by Gasteiger charge is 2.41. The van der Waals surface area contributed by atoms with Crippen molar-refractivity contribution >= 4 is 33.8 Å². The Bertz CT molecular complexity index is 1620. The van der Waals surface area contributed by atoms with E-state index in [0.29, 0.717) is 11.3 Å². The molecule has 3 N–H and O–H groups in total. The topological polar surface area (TPSA) is 134 Å². The maximum atomic E-state index is 13.8. The van der Waals surface area contributed by atoms with Crippen molar-refractivity contribution in [2.24, 2.45) is 5.92 Å². The first-order valence-corrected chi connectivity index (χ1v) is 18.3. The number of hydrogen-bond donors (Lipinski definition) is 3. The van der Waals surface area contributed by atoms with E-state index in [1.165, 1.54) is 40.3 Å². The molecule has 4 atom stereocenters. The summed E-state index contributed by atoms with van der Waals surface area (Å²) in [4.78, 5) is 26.1. The number of carbonyl (C=O) groups excluding carboxylic acids is 2. The van der Waals surface area contributed by atoms with E-state index in [1.807, 2.05) is 44.2 Å². The summed E-state index contributed by atoms with van der Waals surface area (Å²) in [6, 6.07) is 20.3. The van der Waals surface area contributed by atoms with Crippen LogP contribution in [0.4, 0.5) is 9.18 Å². The largest absolute Gasteiger partial charge is 0.444 e. The van der Waals surface area contributed by atoms with Gasteiger partial charge in [0.2, 0.25) is 15.9 Å². The van der Waals surface area contributed by atoms with Crippen LogP contribution >= 0.6 is 11.8 Å². The SMILES string of the molecule is CC(C)[C@H](NC(=O)OC(C)(C)C)C(O)OCCC(NC(=O)[C@@H]1SCCN1S(=O)(=O)c1ccc(-c2ccccc2)cc1)c1ccc(F)cc1. The van der Waals surface area contributed by atoms with Crippen LogP contribution in [0.5, 0.6) is 0 Å². The molecule has 0 radical (unpaired) electrons. The number of aliphatic hydroxyl groups is 1. The fourth-order valence-corrected chi connectivity index (χ4v) is 8.26. The summed E-state index contributed by atoms with van der Waals surface area (Å²) in [5.41, 5.74) is 1.67. The summed E-state index contributed by atoms with van der Waals surface area (Å²) >= 11 is 1.22. The molecule has 1 fully saturated rings. The number of ether oxygens (including phenoxy) is 2. The van der Waals surface area contributed by atoms with Gasteiger partial charge in [0.15, 0.2) is 6.29 Å². The quantitative estimate of drug-likeness (QED) is 0.194.